The van der Waals surface area contributed by atoms with Crippen LogP contribution in [0.1, 0.15) is 25.7 Å². The Kier molecular flexibility index (Phi) is 3.73. The monoisotopic (exact) mass is 276 g/mol. The third-order valence-corrected chi connectivity index (χ3v) is 3.79. The first kappa shape index (κ1) is 13.2. The summed E-state index contributed by atoms with van der Waals surface area (Å²) >= 11 is 0. The molecule has 2 heterocycles. The molecule has 2 aromatic rings. The summed E-state index contributed by atoms with van der Waals surface area (Å²) in [5.74, 6) is 1.35. The van der Waals surface area contributed by atoms with E-state index in [2.05, 4.69) is 15.3 Å². The van der Waals surface area contributed by atoms with Crippen molar-refractivity contribution < 1.29 is 9.47 Å². The average Bonchev–Trinajstić information content (AvgIpc) is 2.96. The lowest BCUT2D eigenvalue weighted by Crippen LogP contribution is -2.30. The molecule has 1 saturated carbocycles. The molecule has 108 valence electrons. The van der Waals surface area contributed by atoms with Gasteiger partial charge in [0.2, 0.25) is 5.65 Å². The Hall–Kier alpha value is -1.82. The Morgan fingerprint density at radius 3 is 3.00 bits per heavy atom. The van der Waals surface area contributed by atoms with Crippen LogP contribution in [0.15, 0.2) is 18.6 Å². The number of imidazole rings is 1. The van der Waals surface area contributed by atoms with Crippen LogP contribution in [0.25, 0.3) is 5.65 Å². The summed E-state index contributed by atoms with van der Waals surface area (Å²) in [6.07, 6.45) is 10.2. The van der Waals surface area contributed by atoms with Crippen molar-refractivity contribution >= 4 is 11.5 Å². The molecule has 1 fully saturated rings. The quantitative estimate of drug-likeness (QED) is 0.926. The van der Waals surface area contributed by atoms with Crippen LogP contribution in [0.4, 0.5) is 5.82 Å². The van der Waals surface area contributed by atoms with E-state index in [1.54, 1.807) is 13.3 Å². The molecule has 2 atom stereocenters. The maximum Gasteiger partial charge on any atom is 0.260 e. The number of nitrogens with zero attached hydrogens (tertiary/aromatic N) is 3. The van der Waals surface area contributed by atoms with Gasteiger partial charge in [0.25, 0.3) is 5.88 Å². The third kappa shape index (κ3) is 2.56. The number of aromatic nitrogens is 3. The van der Waals surface area contributed by atoms with E-state index in [1.807, 2.05) is 23.8 Å². The first-order chi connectivity index (χ1) is 9.80. The summed E-state index contributed by atoms with van der Waals surface area (Å²) in [6.45, 7) is 0. The van der Waals surface area contributed by atoms with Crippen LogP contribution in [0.3, 0.4) is 0 Å². The van der Waals surface area contributed by atoms with Gasteiger partial charge in [0, 0.05) is 33.0 Å². The lowest BCUT2D eigenvalue weighted by atomic mass is 9.95. The van der Waals surface area contributed by atoms with Crippen molar-refractivity contribution in [3.63, 3.8) is 0 Å². The van der Waals surface area contributed by atoms with Crippen LogP contribution >= 0.6 is 0 Å². The lowest BCUT2D eigenvalue weighted by molar-refractivity contribution is 0.0199. The second-order valence-corrected chi connectivity index (χ2v) is 5.10. The largest absolute Gasteiger partial charge is 0.472 e. The van der Waals surface area contributed by atoms with Gasteiger partial charge in [0.15, 0.2) is 0 Å². The fourth-order valence-electron chi connectivity index (χ4n) is 2.68. The Bertz CT molecular complexity index is 584. The van der Waals surface area contributed by atoms with Gasteiger partial charge < -0.3 is 14.8 Å². The molecule has 20 heavy (non-hydrogen) atoms. The van der Waals surface area contributed by atoms with Gasteiger partial charge in [-0.25, -0.2) is 4.98 Å². The topological polar surface area (TPSA) is 60.7 Å². The molecule has 3 rings (SSSR count). The maximum absolute atomic E-state index is 6.09. The summed E-state index contributed by atoms with van der Waals surface area (Å²) in [7, 11) is 3.61. The average molecular weight is 276 g/mol. The summed E-state index contributed by atoms with van der Waals surface area (Å²) in [4.78, 5) is 8.79. The molecule has 0 radical (unpaired) electrons. The van der Waals surface area contributed by atoms with E-state index in [0.717, 1.165) is 37.1 Å². The van der Waals surface area contributed by atoms with Gasteiger partial charge in [-0.1, -0.05) is 0 Å². The minimum Gasteiger partial charge on any atom is -0.472 e. The van der Waals surface area contributed by atoms with Gasteiger partial charge >= 0.3 is 0 Å². The zero-order chi connectivity index (χ0) is 13.9. The molecular formula is C14H20N4O2. The van der Waals surface area contributed by atoms with Crippen LogP contribution in [0.5, 0.6) is 5.88 Å². The first-order valence-electron chi connectivity index (χ1n) is 7.01. The van der Waals surface area contributed by atoms with Crippen molar-refractivity contribution in [2.24, 2.45) is 0 Å². The van der Waals surface area contributed by atoms with Crippen molar-refractivity contribution in [1.29, 1.82) is 0 Å². The van der Waals surface area contributed by atoms with Crippen LogP contribution in [-0.2, 0) is 4.74 Å². The van der Waals surface area contributed by atoms with Crippen molar-refractivity contribution in [3.05, 3.63) is 18.6 Å². The summed E-state index contributed by atoms with van der Waals surface area (Å²) < 4.78 is 13.5. The number of methoxy groups -OCH3 is 1. The highest BCUT2D eigenvalue weighted by Gasteiger charge is 2.24. The molecule has 0 aromatic carbocycles. The normalized spacial score (nSPS) is 22.9. The molecule has 2 aromatic heterocycles. The molecule has 0 spiro atoms. The Morgan fingerprint density at radius 1 is 1.35 bits per heavy atom. The van der Waals surface area contributed by atoms with Crippen LogP contribution < -0.4 is 10.1 Å². The Balaban J connectivity index is 1.84. The van der Waals surface area contributed by atoms with E-state index in [4.69, 9.17) is 9.47 Å². The van der Waals surface area contributed by atoms with E-state index in [0.29, 0.717) is 5.88 Å². The van der Waals surface area contributed by atoms with E-state index in [1.165, 1.54) is 0 Å². The highest BCUT2D eigenvalue weighted by Crippen LogP contribution is 2.27. The number of hydrogen-bond acceptors (Lipinski definition) is 5. The molecule has 2 unspecified atom stereocenters. The van der Waals surface area contributed by atoms with Gasteiger partial charge in [-0.15, -0.1) is 0 Å². The molecular weight excluding hydrogens is 256 g/mol. The molecule has 0 saturated heterocycles. The molecule has 1 N–H and O–H groups in total. The smallest absolute Gasteiger partial charge is 0.260 e. The summed E-state index contributed by atoms with van der Waals surface area (Å²) in [5.41, 5.74) is 0.753. The summed E-state index contributed by atoms with van der Waals surface area (Å²) in [6, 6.07) is 0. The number of fused-ring (bicyclic) bond motifs is 1. The second-order valence-electron chi connectivity index (χ2n) is 5.10. The van der Waals surface area contributed by atoms with Gasteiger partial charge in [0.1, 0.15) is 11.9 Å². The number of anilines is 1. The van der Waals surface area contributed by atoms with E-state index in [-0.39, 0.29) is 12.2 Å². The van der Waals surface area contributed by atoms with Crippen LogP contribution in [-0.4, -0.2) is 40.7 Å². The highest BCUT2D eigenvalue weighted by molar-refractivity contribution is 5.53. The summed E-state index contributed by atoms with van der Waals surface area (Å²) in [5, 5.41) is 3.04. The third-order valence-electron chi connectivity index (χ3n) is 3.79. The zero-order valence-corrected chi connectivity index (χ0v) is 11.9. The SMILES string of the molecule is CNc1cn2ccnc2c(OC2CCCC(OC)C2)n1. The number of nitrogens with one attached hydrogen (secondary N) is 1. The van der Waals surface area contributed by atoms with Crippen molar-refractivity contribution in [3.8, 4) is 5.88 Å². The van der Waals surface area contributed by atoms with Gasteiger partial charge in [-0.05, 0) is 19.3 Å². The van der Waals surface area contributed by atoms with Crippen LogP contribution in [0, 0.1) is 0 Å². The van der Waals surface area contributed by atoms with Crippen molar-refractivity contribution in [2.75, 3.05) is 19.5 Å². The fourth-order valence-corrected chi connectivity index (χ4v) is 2.68. The number of rotatable bonds is 4. The van der Waals surface area contributed by atoms with E-state index < -0.39 is 0 Å². The number of ether oxygens (including phenoxy) is 2. The van der Waals surface area contributed by atoms with E-state index >= 15 is 0 Å². The van der Waals surface area contributed by atoms with E-state index in [9.17, 15) is 0 Å². The molecule has 6 heteroatoms. The minimum absolute atomic E-state index is 0.147. The molecule has 6 nitrogen and oxygen atoms in total. The molecule has 1 aliphatic rings. The molecule has 0 aliphatic heterocycles. The molecule has 0 bridgehead atoms. The van der Waals surface area contributed by atoms with Crippen molar-refractivity contribution in [1.82, 2.24) is 14.4 Å². The van der Waals surface area contributed by atoms with Crippen molar-refractivity contribution in [2.45, 2.75) is 37.9 Å². The predicted octanol–water partition coefficient (Wildman–Crippen LogP) is 2.11. The second kappa shape index (κ2) is 5.66. The lowest BCUT2D eigenvalue weighted by Gasteiger charge is -2.28. The minimum atomic E-state index is 0.147. The molecule has 0 amide bonds. The zero-order valence-electron chi connectivity index (χ0n) is 11.9. The van der Waals surface area contributed by atoms with Gasteiger partial charge in [0.05, 0.1) is 12.3 Å². The Labute approximate surface area is 118 Å². The van der Waals surface area contributed by atoms with Gasteiger partial charge in [-0.3, -0.25) is 4.40 Å². The number of hydrogen-bond donors (Lipinski definition) is 1. The predicted molar refractivity (Wildman–Crippen MR) is 76.2 cm³/mol. The van der Waals surface area contributed by atoms with Gasteiger partial charge in [-0.2, -0.15) is 4.98 Å². The van der Waals surface area contributed by atoms with Crippen LogP contribution in [0.2, 0.25) is 0 Å². The fraction of sp³-hybridized carbons (Fsp3) is 0.571. The standard InChI is InChI=1S/C14H20N4O2/c1-15-12-9-18-7-6-16-13(18)14(17-12)20-11-5-3-4-10(8-11)19-2/h6-7,9-11,15H,3-5,8H2,1-2H3. The maximum atomic E-state index is 6.09. The molecule has 1 aliphatic carbocycles. The first-order valence-corrected chi connectivity index (χ1v) is 7.01. The Morgan fingerprint density at radius 2 is 2.20 bits per heavy atom. The highest BCUT2D eigenvalue weighted by atomic mass is 16.5.